The first kappa shape index (κ1) is 20.3. The van der Waals surface area contributed by atoms with E-state index in [1.165, 1.54) is 12.0 Å². The molecule has 0 spiro atoms. The molecule has 2 aromatic carbocycles. The molecular formula is C20H19ClN2O4. The van der Waals surface area contributed by atoms with Crippen molar-refractivity contribution in [1.29, 1.82) is 5.26 Å². The van der Waals surface area contributed by atoms with Gasteiger partial charge in [-0.15, -0.1) is 0 Å². The third-order valence-electron chi connectivity index (χ3n) is 3.84. The van der Waals surface area contributed by atoms with Crippen molar-refractivity contribution in [2.75, 3.05) is 25.2 Å². The van der Waals surface area contributed by atoms with Crippen LogP contribution in [0.3, 0.4) is 0 Å². The van der Waals surface area contributed by atoms with Gasteiger partial charge in [-0.25, -0.2) is 4.79 Å². The zero-order chi connectivity index (χ0) is 19.8. The highest BCUT2D eigenvalue weighted by Gasteiger charge is 2.19. The lowest BCUT2D eigenvalue weighted by Gasteiger charge is -2.22. The van der Waals surface area contributed by atoms with Crippen molar-refractivity contribution in [3.63, 3.8) is 0 Å². The average molecular weight is 387 g/mol. The van der Waals surface area contributed by atoms with Crippen molar-refractivity contribution < 1.29 is 19.1 Å². The summed E-state index contributed by atoms with van der Waals surface area (Å²) in [4.78, 5) is 26.2. The van der Waals surface area contributed by atoms with E-state index in [1.54, 1.807) is 42.5 Å². The summed E-state index contributed by atoms with van der Waals surface area (Å²) in [6, 6.07) is 13.6. The van der Waals surface area contributed by atoms with Crippen molar-refractivity contribution in [3.8, 4) is 11.8 Å². The molecule has 0 heterocycles. The largest absolute Gasteiger partial charge is 0.496 e. The molecular weight excluding hydrogens is 368 g/mol. The molecule has 0 radical (unpaired) electrons. The Morgan fingerprint density at radius 1 is 1.22 bits per heavy atom. The maximum atomic E-state index is 12.5. The average Bonchev–Trinajstić information content (AvgIpc) is 2.66. The normalized spacial score (nSPS) is 10.0. The molecule has 0 aromatic heterocycles. The minimum Gasteiger partial charge on any atom is -0.496 e. The number of carbonyl (C=O) groups excluding carboxylic acids is 2. The zero-order valence-electron chi connectivity index (χ0n) is 15.1. The smallest absolute Gasteiger partial charge is 0.338 e. The molecule has 0 unspecified atom stereocenters. The van der Waals surface area contributed by atoms with Crippen molar-refractivity contribution >= 4 is 29.2 Å². The maximum Gasteiger partial charge on any atom is 0.338 e. The number of esters is 1. The molecule has 6 nitrogen and oxygen atoms in total. The van der Waals surface area contributed by atoms with Crippen LogP contribution >= 0.6 is 11.6 Å². The number of nitriles is 1. The fourth-order valence-corrected chi connectivity index (χ4v) is 2.62. The number of hydrogen-bond donors (Lipinski definition) is 0. The Bertz CT molecular complexity index is 877. The summed E-state index contributed by atoms with van der Waals surface area (Å²) in [5.41, 5.74) is 1.71. The molecule has 0 atom stereocenters. The summed E-state index contributed by atoms with van der Waals surface area (Å²) in [6.07, 6.45) is 0.140. The van der Waals surface area contributed by atoms with Crippen LogP contribution in [0.5, 0.6) is 5.75 Å². The van der Waals surface area contributed by atoms with E-state index in [4.69, 9.17) is 26.3 Å². The van der Waals surface area contributed by atoms with Gasteiger partial charge in [-0.2, -0.15) is 5.26 Å². The SMILES string of the molecule is COc1cc(C(=O)OCC(=O)N(CCC#N)c2cccc(Cl)c2)ccc1C. The van der Waals surface area contributed by atoms with Crippen molar-refractivity contribution in [3.05, 3.63) is 58.6 Å². The Hall–Kier alpha value is -3.04. The highest BCUT2D eigenvalue weighted by Crippen LogP contribution is 2.21. The molecule has 0 aliphatic rings. The van der Waals surface area contributed by atoms with E-state index in [2.05, 4.69) is 0 Å². The molecule has 1 amide bonds. The van der Waals surface area contributed by atoms with E-state index >= 15 is 0 Å². The number of amides is 1. The highest BCUT2D eigenvalue weighted by atomic mass is 35.5. The van der Waals surface area contributed by atoms with Gasteiger partial charge < -0.3 is 14.4 Å². The van der Waals surface area contributed by atoms with E-state index in [0.717, 1.165) is 5.56 Å². The minimum absolute atomic E-state index is 0.140. The van der Waals surface area contributed by atoms with Crippen molar-refractivity contribution in [1.82, 2.24) is 0 Å². The van der Waals surface area contributed by atoms with Gasteiger partial charge >= 0.3 is 5.97 Å². The van der Waals surface area contributed by atoms with Gasteiger partial charge in [-0.05, 0) is 42.8 Å². The predicted molar refractivity (Wildman–Crippen MR) is 102 cm³/mol. The number of carbonyl (C=O) groups is 2. The van der Waals surface area contributed by atoms with E-state index in [9.17, 15) is 9.59 Å². The van der Waals surface area contributed by atoms with Crippen LogP contribution in [0.4, 0.5) is 5.69 Å². The number of hydrogen-bond acceptors (Lipinski definition) is 5. The van der Waals surface area contributed by atoms with E-state index in [1.807, 2.05) is 13.0 Å². The Kier molecular flexibility index (Phi) is 7.21. The van der Waals surface area contributed by atoms with Gasteiger partial charge in [0.05, 0.1) is 25.2 Å². The lowest BCUT2D eigenvalue weighted by Crippen LogP contribution is -2.35. The number of methoxy groups -OCH3 is 1. The first-order chi connectivity index (χ1) is 13.0. The summed E-state index contributed by atoms with van der Waals surface area (Å²) in [6.45, 7) is 1.58. The molecule has 2 aromatic rings. The molecule has 0 aliphatic carbocycles. The molecule has 140 valence electrons. The number of rotatable bonds is 7. The van der Waals surface area contributed by atoms with Crippen LogP contribution in [-0.4, -0.2) is 32.1 Å². The maximum absolute atomic E-state index is 12.5. The second-order valence-corrected chi connectivity index (χ2v) is 6.13. The third kappa shape index (κ3) is 5.47. The van der Waals surface area contributed by atoms with Crippen LogP contribution in [-0.2, 0) is 9.53 Å². The molecule has 0 N–H and O–H groups in total. The molecule has 2 rings (SSSR count). The van der Waals surface area contributed by atoms with Crippen LogP contribution in [0.25, 0.3) is 0 Å². The van der Waals surface area contributed by atoms with Crippen LogP contribution in [0, 0.1) is 18.3 Å². The second-order valence-electron chi connectivity index (χ2n) is 5.69. The number of nitrogens with zero attached hydrogens (tertiary/aromatic N) is 2. The fourth-order valence-electron chi connectivity index (χ4n) is 2.44. The summed E-state index contributed by atoms with van der Waals surface area (Å²) < 4.78 is 10.3. The van der Waals surface area contributed by atoms with Gasteiger partial charge in [0.15, 0.2) is 6.61 Å². The Balaban J connectivity index is 2.08. The van der Waals surface area contributed by atoms with Crippen LogP contribution in [0.15, 0.2) is 42.5 Å². The number of halogens is 1. The number of anilines is 1. The number of benzene rings is 2. The highest BCUT2D eigenvalue weighted by molar-refractivity contribution is 6.30. The monoisotopic (exact) mass is 386 g/mol. The summed E-state index contributed by atoms with van der Waals surface area (Å²) in [5.74, 6) is -0.515. The van der Waals surface area contributed by atoms with Crippen molar-refractivity contribution in [2.45, 2.75) is 13.3 Å². The fraction of sp³-hybridized carbons (Fsp3) is 0.250. The van der Waals surface area contributed by atoms with Gasteiger partial charge in [0.2, 0.25) is 0 Å². The molecule has 27 heavy (non-hydrogen) atoms. The third-order valence-corrected chi connectivity index (χ3v) is 4.07. The zero-order valence-corrected chi connectivity index (χ0v) is 15.8. The quantitative estimate of drug-likeness (QED) is 0.677. The standard InChI is InChI=1S/C20H19ClN2O4/c1-14-7-8-15(11-18(14)26-2)20(25)27-13-19(24)23(10-4-9-22)17-6-3-5-16(21)12-17/h3,5-8,11-12H,4,10,13H2,1-2H3. The summed E-state index contributed by atoms with van der Waals surface area (Å²) in [5, 5.41) is 9.29. The van der Waals surface area contributed by atoms with E-state index in [-0.39, 0.29) is 18.5 Å². The Morgan fingerprint density at radius 3 is 2.67 bits per heavy atom. The van der Waals surface area contributed by atoms with Crippen LogP contribution < -0.4 is 9.64 Å². The minimum atomic E-state index is -0.632. The molecule has 0 bridgehead atoms. The molecule has 0 aliphatic heterocycles. The van der Waals surface area contributed by atoms with Gasteiger partial charge in [0.25, 0.3) is 5.91 Å². The predicted octanol–water partition coefficient (Wildman–Crippen LogP) is 3.76. The van der Waals surface area contributed by atoms with Crippen LogP contribution in [0.2, 0.25) is 5.02 Å². The molecule has 0 fully saturated rings. The second kappa shape index (κ2) is 9.60. The van der Waals surface area contributed by atoms with E-state index < -0.39 is 18.5 Å². The molecule has 0 saturated carbocycles. The lowest BCUT2D eigenvalue weighted by molar-refractivity contribution is -0.121. The molecule has 0 saturated heterocycles. The van der Waals surface area contributed by atoms with Gasteiger partial charge in [0.1, 0.15) is 5.75 Å². The molecule has 7 heteroatoms. The first-order valence-electron chi connectivity index (χ1n) is 8.21. The summed E-state index contributed by atoms with van der Waals surface area (Å²) >= 11 is 5.98. The summed E-state index contributed by atoms with van der Waals surface area (Å²) in [7, 11) is 1.51. The lowest BCUT2D eigenvalue weighted by atomic mass is 10.1. The number of ether oxygens (including phenoxy) is 2. The van der Waals surface area contributed by atoms with Crippen molar-refractivity contribution in [2.24, 2.45) is 0 Å². The van der Waals surface area contributed by atoms with E-state index in [0.29, 0.717) is 16.5 Å². The topological polar surface area (TPSA) is 79.6 Å². The van der Waals surface area contributed by atoms with Gasteiger partial charge in [-0.3, -0.25) is 4.79 Å². The van der Waals surface area contributed by atoms with Gasteiger partial charge in [0, 0.05) is 17.3 Å². The Morgan fingerprint density at radius 2 is 2.00 bits per heavy atom. The van der Waals surface area contributed by atoms with Crippen LogP contribution in [0.1, 0.15) is 22.3 Å². The van der Waals surface area contributed by atoms with Gasteiger partial charge in [-0.1, -0.05) is 23.7 Å². The Labute approximate surface area is 162 Å². The first-order valence-corrected chi connectivity index (χ1v) is 8.58. The number of aryl methyl sites for hydroxylation is 1.